The highest BCUT2D eigenvalue weighted by molar-refractivity contribution is 7.89. The predicted octanol–water partition coefficient (Wildman–Crippen LogP) is -1.18. The maximum Gasteiger partial charge on any atom is 0.239 e. The summed E-state index contributed by atoms with van der Waals surface area (Å²) in [7, 11) is -3.66. The Bertz CT molecular complexity index is 562. The van der Waals surface area contributed by atoms with Gasteiger partial charge in [-0.3, -0.25) is 4.90 Å². The van der Waals surface area contributed by atoms with Crippen LogP contribution in [0.2, 0.25) is 0 Å². The summed E-state index contributed by atoms with van der Waals surface area (Å²) in [6, 6.07) is 3.81. The predicted molar refractivity (Wildman–Crippen MR) is 76.1 cm³/mol. The lowest BCUT2D eigenvalue weighted by Crippen LogP contribution is -2.63. The lowest BCUT2D eigenvalue weighted by atomic mass is 10.1. The lowest BCUT2D eigenvalue weighted by Gasteiger charge is -2.47. The van der Waals surface area contributed by atoms with Gasteiger partial charge in [0.2, 0.25) is 10.0 Å². The Hall–Kier alpha value is -1.22. The molecule has 20 heavy (non-hydrogen) atoms. The minimum Gasteiger partial charge on any atom is -0.353 e. The molecule has 1 aromatic rings. The van der Waals surface area contributed by atoms with Gasteiger partial charge >= 0.3 is 0 Å². The minimum absolute atomic E-state index is 0.0560. The van der Waals surface area contributed by atoms with E-state index in [2.05, 4.69) is 20.1 Å². The van der Waals surface area contributed by atoms with Crippen molar-refractivity contribution >= 4 is 15.8 Å². The maximum absolute atomic E-state index is 11.2. The molecule has 0 radical (unpaired) electrons. The zero-order valence-electron chi connectivity index (χ0n) is 11.2. The number of nitrogens with two attached hydrogens (primary N) is 1. The molecule has 2 fully saturated rings. The van der Waals surface area contributed by atoms with Crippen molar-refractivity contribution in [3.8, 4) is 0 Å². The highest BCUT2D eigenvalue weighted by Gasteiger charge is 2.33. The van der Waals surface area contributed by atoms with E-state index in [9.17, 15) is 8.42 Å². The largest absolute Gasteiger partial charge is 0.353 e. The van der Waals surface area contributed by atoms with E-state index in [1.807, 2.05) is 0 Å². The fourth-order valence-electron chi connectivity index (χ4n) is 2.65. The van der Waals surface area contributed by atoms with Crippen LogP contribution in [0.15, 0.2) is 23.2 Å². The topological polar surface area (TPSA) is 91.6 Å². The van der Waals surface area contributed by atoms with Gasteiger partial charge in [-0.15, -0.1) is 0 Å². The molecule has 0 bridgehead atoms. The third-order valence-corrected chi connectivity index (χ3v) is 4.80. The van der Waals surface area contributed by atoms with Gasteiger partial charge in [-0.2, -0.15) is 0 Å². The Morgan fingerprint density at radius 2 is 1.95 bits per heavy atom. The molecule has 0 amide bonds. The Morgan fingerprint density at radius 3 is 2.50 bits per heavy atom. The molecular weight excluding hydrogens is 278 g/mol. The van der Waals surface area contributed by atoms with Gasteiger partial charge in [0.15, 0.2) is 0 Å². The summed E-state index contributed by atoms with van der Waals surface area (Å²) in [6.45, 7) is 6.19. The zero-order valence-corrected chi connectivity index (χ0v) is 12.0. The molecule has 2 aliphatic rings. The number of sulfonamides is 1. The Morgan fingerprint density at radius 1 is 1.25 bits per heavy atom. The van der Waals surface area contributed by atoms with Crippen molar-refractivity contribution in [2.75, 3.05) is 44.2 Å². The molecule has 2 aliphatic heterocycles. The van der Waals surface area contributed by atoms with Crippen molar-refractivity contribution in [3.05, 3.63) is 18.3 Å². The Balaban J connectivity index is 1.59. The molecule has 8 heteroatoms. The van der Waals surface area contributed by atoms with Gasteiger partial charge in [0.1, 0.15) is 10.7 Å². The second-order valence-corrected chi connectivity index (χ2v) is 6.80. The van der Waals surface area contributed by atoms with Crippen LogP contribution in [0, 0.1) is 0 Å². The molecule has 0 atom stereocenters. The average molecular weight is 297 g/mol. The van der Waals surface area contributed by atoms with Gasteiger partial charge in [-0.05, 0) is 12.1 Å². The molecule has 0 aromatic carbocycles. The first kappa shape index (κ1) is 13.7. The standard InChI is InChI=1S/C12H19N5O2S/c13-20(18,19)11-1-2-12(15-7-11)17-8-10(9-17)16-5-3-14-4-6-16/h1-2,7,10,14H,3-6,8-9H2,(H2,13,18,19). The Labute approximate surface area is 118 Å². The van der Waals surface area contributed by atoms with Gasteiger partial charge in [0.05, 0.1) is 0 Å². The number of primary sulfonamides is 1. The van der Waals surface area contributed by atoms with Crippen molar-refractivity contribution in [2.45, 2.75) is 10.9 Å². The van der Waals surface area contributed by atoms with E-state index >= 15 is 0 Å². The summed E-state index contributed by atoms with van der Waals surface area (Å²) in [4.78, 5) is 8.88. The second kappa shape index (κ2) is 5.28. The maximum atomic E-state index is 11.2. The first-order valence-corrected chi connectivity index (χ1v) is 8.27. The van der Waals surface area contributed by atoms with Crippen LogP contribution < -0.4 is 15.4 Å². The van der Waals surface area contributed by atoms with E-state index in [4.69, 9.17) is 5.14 Å². The molecule has 0 unspecified atom stereocenters. The van der Waals surface area contributed by atoms with Crippen molar-refractivity contribution in [3.63, 3.8) is 0 Å². The van der Waals surface area contributed by atoms with E-state index in [0.29, 0.717) is 6.04 Å². The summed E-state index contributed by atoms with van der Waals surface area (Å²) in [6.07, 6.45) is 1.32. The number of nitrogens with zero attached hydrogens (tertiary/aromatic N) is 3. The first-order chi connectivity index (χ1) is 9.54. The van der Waals surface area contributed by atoms with Crippen LogP contribution in [0.5, 0.6) is 0 Å². The number of nitrogens with one attached hydrogen (secondary N) is 1. The highest BCUT2D eigenvalue weighted by atomic mass is 32.2. The number of hydrogen-bond donors (Lipinski definition) is 2. The van der Waals surface area contributed by atoms with E-state index in [-0.39, 0.29) is 4.90 Å². The van der Waals surface area contributed by atoms with Crippen LogP contribution in [-0.4, -0.2) is 63.6 Å². The zero-order chi connectivity index (χ0) is 14.2. The van der Waals surface area contributed by atoms with Crippen molar-refractivity contribution in [2.24, 2.45) is 5.14 Å². The normalized spacial score (nSPS) is 21.8. The number of hydrogen-bond acceptors (Lipinski definition) is 6. The van der Waals surface area contributed by atoms with E-state index in [1.165, 1.54) is 12.3 Å². The van der Waals surface area contributed by atoms with E-state index in [0.717, 1.165) is 45.1 Å². The van der Waals surface area contributed by atoms with Crippen LogP contribution >= 0.6 is 0 Å². The van der Waals surface area contributed by atoms with Crippen molar-refractivity contribution in [1.29, 1.82) is 0 Å². The summed E-state index contributed by atoms with van der Waals surface area (Å²) >= 11 is 0. The van der Waals surface area contributed by atoms with E-state index in [1.54, 1.807) is 6.07 Å². The number of anilines is 1. The average Bonchev–Trinajstić information content (AvgIpc) is 2.38. The lowest BCUT2D eigenvalue weighted by molar-refractivity contribution is 0.147. The number of rotatable bonds is 3. The van der Waals surface area contributed by atoms with Gasteiger partial charge < -0.3 is 10.2 Å². The molecule has 3 heterocycles. The van der Waals surface area contributed by atoms with Crippen LogP contribution in [-0.2, 0) is 10.0 Å². The Kier molecular flexibility index (Phi) is 3.63. The number of aromatic nitrogens is 1. The third-order valence-electron chi connectivity index (χ3n) is 3.90. The van der Waals surface area contributed by atoms with Gasteiger partial charge in [-0.25, -0.2) is 18.5 Å². The van der Waals surface area contributed by atoms with Crippen LogP contribution in [0.1, 0.15) is 0 Å². The van der Waals surface area contributed by atoms with Crippen LogP contribution in [0.25, 0.3) is 0 Å². The van der Waals surface area contributed by atoms with Crippen LogP contribution in [0.4, 0.5) is 5.82 Å². The fourth-order valence-corrected chi connectivity index (χ4v) is 3.11. The summed E-state index contributed by atoms with van der Waals surface area (Å²) in [5, 5.41) is 8.40. The van der Waals surface area contributed by atoms with Crippen molar-refractivity contribution < 1.29 is 8.42 Å². The minimum atomic E-state index is -3.66. The number of pyridine rings is 1. The van der Waals surface area contributed by atoms with Gasteiger partial charge in [0, 0.05) is 51.5 Å². The summed E-state index contributed by atoms with van der Waals surface area (Å²) in [5.41, 5.74) is 0. The molecule has 110 valence electrons. The van der Waals surface area contributed by atoms with Gasteiger partial charge in [0.25, 0.3) is 0 Å². The molecule has 3 rings (SSSR count). The molecule has 7 nitrogen and oxygen atoms in total. The quantitative estimate of drug-likeness (QED) is 0.730. The molecule has 0 spiro atoms. The fraction of sp³-hybridized carbons (Fsp3) is 0.583. The second-order valence-electron chi connectivity index (χ2n) is 5.24. The molecule has 1 aromatic heterocycles. The molecule has 3 N–H and O–H groups in total. The van der Waals surface area contributed by atoms with Crippen molar-refractivity contribution in [1.82, 2.24) is 15.2 Å². The third kappa shape index (κ3) is 2.78. The summed E-state index contributed by atoms with van der Waals surface area (Å²) in [5.74, 6) is 0.809. The molecular formula is C12H19N5O2S. The number of piperazine rings is 1. The SMILES string of the molecule is NS(=O)(=O)c1ccc(N2CC(N3CCNCC3)C2)nc1. The van der Waals surface area contributed by atoms with E-state index < -0.39 is 10.0 Å². The first-order valence-electron chi connectivity index (χ1n) is 6.72. The molecule has 2 saturated heterocycles. The van der Waals surface area contributed by atoms with Crippen LogP contribution in [0.3, 0.4) is 0 Å². The summed E-state index contributed by atoms with van der Waals surface area (Å²) < 4.78 is 22.3. The highest BCUT2D eigenvalue weighted by Crippen LogP contribution is 2.22. The monoisotopic (exact) mass is 297 g/mol. The molecule has 0 saturated carbocycles. The smallest absolute Gasteiger partial charge is 0.239 e. The van der Waals surface area contributed by atoms with Gasteiger partial charge in [-0.1, -0.05) is 0 Å². The molecule has 0 aliphatic carbocycles.